The first kappa shape index (κ1) is 32.0. The number of likely N-dealkylation sites (tertiary alicyclic amines) is 1. The molecule has 2 amide bonds. The SMILES string of the molecule is CC(C)(C)OC(=O)N1CC(Sc2ccc(NC(=O)c3ccc(Nc4ccnc5ccccc45)cc3)cc2)CC1C(=O)C(C)(C)C. The Hall–Kier alpha value is -4.37. The third kappa shape index (κ3) is 8.02. The monoisotopic (exact) mass is 624 g/mol. The number of para-hydroxylation sites is 1. The van der Waals surface area contributed by atoms with Gasteiger partial charge in [-0.15, -0.1) is 11.8 Å². The van der Waals surface area contributed by atoms with E-state index in [1.54, 1.807) is 35.0 Å². The van der Waals surface area contributed by atoms with Gasteiger partial charge in [-0.3, -0.25) is 19.5 Å². The average molecular weight is 625 g/mol. The second-order valence-electron chi connectivity index (χ2n) is 13.3. The topological polar surface area (TPSA) is 101 Å². The number of ether oxygens (including phenoxy) is 1. The van der Waals surface area contributed by atoms with Crippen molar-refractivity contribution in [3.63, 3.8) is 0 Å². The Morgan fingerprint density at radius 1 is 0.867 bits per heavy atom. The van der Waals surface area contributed by atoms with Gasteiger partial charge < -0.3 is 15.4 Å². The number of carbonyl (C=O) groups excluding carboxylic acids is 3. The minimum absolute atomic E-state index is 0.0317. The summed E-state index contributed by atoms with van der Waals surface area (Å²) in [7, 11) is 0. The number of fused-ring (bicyclic) bond motifs is 1. The first-order valence-electron chi connectivity index (χ1n) is 15.1. The van der Waals surface area contributed by atoms with E-state index in [-0.39, 0.29) is 16.9 Å². The number of aromatic nitrogens is 1. The van der Waals surface area contributed by atoms with Gasteiger partial charge in [0.15, 0.2) is 5.78 Å². The molecule has 0 saturated carbocycles. The van der Waals surface area contributed by atoms with E-state index in [0.717, 1.165) is 27.2 Å². The predicted octanol–water partition coefficient (Wildman–Crippen LogP) is 8.32. The van der Waals surface area contributed by atoms with Crippen molar-refractivity contribution >= 4 is 57.5 Å². The second-order valence-corrected chi connectivity index (χ2v) is 14.7. The molecule has 1 aliphatic rings. The summed E-state index contributed by atoms with van der Waals surface area (Å²) >= 11 is 1.62. The summed E-state index contributed by atoms with van der Waals surface area (Å²) in [6.45, 7) is 11.5. The van der Waals surface area contributed by atoms with Crippen molar-refractivity contribution in [2.75, 3.05) is 17.2 Å². The molecule has 1 aromatic heterocycles. The van der Waals surface area contributed by atoms with Gasteiger partial charge in [0.25, 0.3) is 5.91 Å². The number of hydrogen-bond acceptors (Lipinski definition) is 7. The van der Waals surface area contributed by atoms with E-state index >= 15 is 0 Å². The molecule has 234 valence electrons. The van der Waals surface area contributed by atoms with Crippen molar-refractivity contribution in [3.8, 4) is 0 Å². The summed E-state index contributed by atoms with van der Waals surface area (Å²) in [5.41, 5.74) is 2.73. The molecule has 9 heteroatoms. The number of amides is 2. The van der Waals surface area contributed by atoms with Crippen molar-refractivity contribution in [2.24, 2.45) is 5.41 Å². The van der Waals surface area contributed by atoms with Crippen LogP contribution in [0.15, 0.2) is 90.0 Å². The normalized spacial score (nSPS) is 16.8. The van der Waals surface area contributed by atoms with Crippen molar-refractivity contribution in [3.05, 3.63) is 90.6 Å². The van der Waals surface area contributed by atoms with Gasteiger partial charge in [0.1, 0.15) is 5.60 Å². The molecule has 8 nitrogen and oxygen atoms in total. The number of nitrogens with zero attached hydrogens (tertiary/aromatic N) is 2. The van der Waals surface area contributed by atoms with Crippen LogP contribution in [-0.2, 0) is 9.53 Å². The average Bonchev–Trinajstić information content (AvgIpc) is 3.41. The first-order chi connectivity index (χ1) is 21.3. The van der Waals surface area contributed by atoms with E-state index in [0.29, 0.717) is 24.2 Å². The van der Waals surface area contributed by atoms with Gasteiger partial charge >= 0.3 is 6.09 Å². The lowest BCUT2D eigenvalue weighted by molar-refractivity contribution is -0.130. The molecule has 5 rings (SSSR count). The lowest BCUT2D eigenvalue weighted by atomic mass is 9.85. The highest BCUT2D eigenvalue weighted by Crippen LogP contribution is 2.37. The predicted molar refractivity (Wildman–Crippen MR) is 181 cm³/mol. The highest BCUT2D eigenvalue weighted by Gasteiger charge is 2.44. The summed E-state index contributed by atoms with van der Waals surface area (Å²) < 4.78 is 5.63. The van der Waals surface area contributed by atoms with Crippen molar-refractivity contribution in [1.29, 1.82) is 0 Å². The maximum absolute atomic E-state index is 13.3. The zero-order valence-corrected chi connectivity index (χ0v) is 27.4. The molecule has 2 N–H and O–H groups in total. The Balaban J connectivity index is 1.19. The van der Waals surface area contributed by atoms with Gasteiger partial charge in [-0.2, -0.15) is 0 Å². The van der Waals surface area contributed by atoms with Crippen LogP contribution >= 0.6 is 11.8 Å². The van der Waals surface area contributed by atoms with Crippen LogP contribution < -0.4 is 10.6 Å². The minimum Gasteiger partial charge on any atom is -0.444 e. The van der Waals surface area contributed by atoms with Gasteiger partial charge in [0.05, 0.1) is 11.6 Å². The van der Waals surface area contributed by atoms with Crippen LogP contribution in [0.1, 0.15) is 58.3 Å². The molecular formula is C36H40N4O4S. The third-order valence-corrected chi connectivity index (χ3v) is 8.64. The van der Waals surface area contributed by atoms with Crippen LogP contribution in [0.2, 0.25) is 0 Å². The number of hydrogen-bond donors (Lipinski definition) is 2. The van der Waals surface area contributed by atoms with Crippen LogP contribution in [0.25, 0.3) is 10.9 Å². The molecule has 0 radical (unpaired) electrons. The first-order valence-corrected chi connectivity index (χ1v) is 16.0. The number of rotatable bonds is 7. The molecule has 2 unspecified atom stereocenters. The maximum atomic E-state index is 13.3. The molecule has 45 heavy (non-hydrogen) atoms. The highest BCUT2D eigenvalue weighted by molar-refractivity contribution is 8.00. The molecule has 2 atom stereocenters. The van der Waals surface area contributed by atoms with E-state index in [9.17, 15) is 14.4 Å². The fourth-order valence-electron chi connectivity index (χ4n) is 5.23. The van der Waals surface area contributed by atoms with Crippen molar-refractivity contribution < 1.29 is 19.1 Å². The molecule has 0 bridgehead atoms. The van der Waals surface area contributed by atoms with E-state index in [1.165, 1.54) is 0 Å². The summed E-state index contributed by atoms with van der Waals surface area (Å²) in [6.07, 6.45) is 1.87. The molecule has 2 heterocycles. The number of benzene rings is 3. The fraction of sp³-hybridized carbons (Fsp3) is 0.333. The zero-order chi connectivity index (χ0) is 32.4. The third-order valence-electron chi connectivity index (χ3n) is 7.42. The van der Waals surface area contributed by atoms with Crippen LogP contribution in [0.4, 0.5) is 21.9 Å². The number of anilines is 3. The minimum atomic E-state index is -0.647. The number of ketones is 1. The highest BCUT2D eigenvalue weighted by atomic mass is 32.2. The summed E-state index contributed by atoms with van der Waals surface area (Å²) in [5, 5.41) is 7.43. The van der Waals surface area contributed by atoms with Crippen LogP contribution in [0.5, 0.6) is 0 Å². The Labute approximate surface area is 268 Å². The van der Waals surface area contributed by atoms with Crippen molar-refractivity contribution in [1.82, 2.24) is 9.88 Å². The van der Waals surface area contributed by atoms with E-state index in [4.69, 9.17) is 4.74 Å². The van der Waals surface area contributed by atoms with Gasteiger partial charge in [0.2, 0.25) is 0 Å². The quantitative estimate of drug-likeness (QED) is 0.213. The van der Waals surface area contributed by atoms with Gasteiger partial charge in [-0.25, -0.2) is 4.79 Å². The lowest BCUT2D eigenvalue weighted by Gasteiger charge is -2.30. The van der Waals surface area contributed by atoms with Gasteiger partial charge in [0, 0.05) is 56.3 Å². The standard InChI is InChI=1S/C36H40N4O4S/c1-35(2,3)32(41)31-21-27(22-40(31)34(43)44-36(4,5)6)45-26-17-15-25(16-18-26)39-33(42)23-11-13-24(14-12-23)38-30-19-20-37-29-10-8-7-9-28(29)30/h7-20,27,31H,21-22H2,1-6H3,(H,37,38)(H,39,42). The molecule has 4 aromatic rings. The molecule has 1 aliphatic heterocycles. The zero-order valence-electron chi connectivity index (χ0n) is 26.6. The molecule has 3 aromatic carbocycles. The summed E-state index contributed by atoms with van der Waals surface area (Å²) in [5.74, 6) is -0.173. The Morgan fingerprint density at radius 3 is 2.20 bits per heavy atom. The Kier molecular flexibility index (Phi) is 9.20. The number of thioether (sulfide) groups is 1. The number of carbonyl (C=O) groups is 3. The van der Waals surface area contributed by atoms with Crippen LogP contribution in [-0.4, -0.2) is 51.1 Å². The maximum Gasteiger partial charge on any atom is 0.410 e. The smallest absolute Gasteiger partial charge is 0.410 e. The Morgan fingerprint density at radius 2 is 1.53 bits per heavy atom. The molecule has 0 spiro atoms. The second kappa shape index (κ2) is 12.9. The lowest BCUT2D eigenvalue weighted by Crippen LogP contribution is -2.46. The van der Waals surface area contributed by atoms with Crippen LogP contribution in [0.3, 0.4) is 0 Å². The van der Waals surface area contributed by atoms with E-state index < -0.39 is 23.2 Å². The molecule has 1 saturated heterocycles. The Bertz CT molecular complexity index is 1690. The summed E-state index contributed by atoms with van der Waals surface area (Å²) in [4.78, 5) is 46.2. The van der Waals surface area contributed by atoms with E-state index in [1.807, 2.05) is 108 Å². The van der Waals surface area contributed by atoms with Gasteiger partial charge in [-0.1, -0.05) is 39.0 Å². The molecule has 0 aliphatic carbocycles. The molecule has 1 fully saturated rings. The van der Waals surface area contributed by atoms with E-state index in [2.05, 4.69) is 15.6 Å². The molecular weight excluding hydrogens is 584 g/mol. The number of nitrogens with one attached hydrogen (secondary N) is 2. The largest absolute Gasteiger partial charge is 0.444 e. The van der Waals surface area contributed by atoms with Crippen LogP contribution in [0, 0.1) is 5.41 Å². The van der Waals surface area contributed by atoms with Crippen molar-refractivity contribution in [2.45, 2.75) is 69.8 Å². The fourth-order valence-corrected chi connectivity index (χ4v) is 6.42. The number of pyridine rings is 1. The summed E-state index contributed by atoms with van der Waals surface area (Å²) in [6, 6.07) is 24.3. The van der Waals surface area contributed by atoms with Gasteiger partial charge in [-0.05, 0) is 87.9 Å². The number of Topliss-reactive ketones (excluding diaryl/α,β-unsaturated/α-hetero) is 1.